The predicted octanol–water partition coefficient (Wildman–Crippen LogP) is 3.05. The van der Waals surface area contributed by atoms with Crippen molar-refractivity contribution in [3.63, 3.8) is 0 Å². The van der Waals surface area contributed by atoms with Gasteiger partial charge in [-0.1, -0.05) is 0 Å². The molecule has 0 unspecified atom stereocenters. The molecule has 0 amide bonds. The monoisotopic (exact) mass is 394 g/mol. The van der Waals surface area contributed by atoms with Gasteiger partial charge in [0, 0.05) is 6.04 Å². The molecule has 0 aliphatic carbocycles. The van der Waals surface area contributed by atoms with Crippen LogP contribution in [-0.2, 0) is 0 Å². The molecular weight excluding hydrogens is 372 g/mol. The van der Waals surface area contributed by atoms with Crippen LogP contribution in [0.3, 0.4) is 0 Å². The van der Waals surface area contributed by atoms with Gasteiger partial charge >= 0.3 is 0 Å². The van der Waals surface area contributed by atoms with Gasteiger partial charge in [-0.2, -0.15) is 5.10 Å². The first-order valence-electron chi connectivity index (χ1n) is 9.53. The summed E-state index contributed by atoms with van der Waals surface area (Å²) >= 11 is 1.48. The molecule has 28 heavy (non-hydrogen) atoms. The van der Waals surface area contributed by atoms with Gasteiger partial charge in [-0.15, -0.1) is 11.3 Å². The van der Waals surface area contributed by atoms with Crippen molar-refractivity contribution in [2.75, 3.05) is 20.1 Å². The molecule has 144 valence electrons. The molecule has 4 aromatic heterocycles. The van der Waals surface area contributed by atoms with Crippen molar-refractivity contribution >= 4 is 27.2 Å². The van der Waals surface area contributed by atoms with Crippen LogP contribution in [0, 0.1) is 13.8 Å². The Morgan fingerprint density at radius 1 is 1.18 bits per heavy atom. The van der Waals surface area contributed by atoms with E-state index in [1.54, 1.807) is 6.33 Å². The van der Waals surface area contributed by atoms with Crippen LogP contribution < -0.4 is 5.56 Å². The van der Waals surface area contributed by atoms with E-state index >= 15 is 0 Å². The number of fused-ring (bicyclic) bond motifs is 2. The molecule has 0 saturated carbocycles. The molecule has 0 aromatic carbocycles. The maximum atomic E-state index is 13.1. The van der Waals surface area contributed by atoms with Gasteiger partial charge in [0.25, 0.3) is 5.56 Å². The summed E-state index contributed by atoms with van der Waals surface area (Å²) in [5.41, 5.74) is 4.52. The van der Waals surface area contributed by atoms with Crippen LogP contribution in [0.5, 0.6) is 0 Å². The van der Waals surface area contributed by atoms with E-state index in [-0.39, 0.29) is 11.6 Å². The molecular formula is C20H22N6OS. The van der Waals surface area contributed by atoms with Crippen molar-refractivity contribution in [1.29, 1.82) is 0 Å². The number of hydrogen-bond donors (Lipinski definition) is 0. The van der Waals surface area contributed by atoms with Crippen molar-refractivity contribution < 1.29 is 0 Å². The molecule has 5 heterocycles. The zero-order valence-electron chi connectivity index (χ0n) is 16.2. The molecule has 7 nitrogen and oxygen atoms in total. The largest absolute Gasteiger partial charge is 0.306 e. The summed E-state index contributed by atoms with van der Waals surface area (Å²) in [5, 5.41) is 4.70. The normalized spacial score (nSPS) is 16.4. The van der Waals surface area contributed by atoms with E-state index < -0.39 is 0 Å². The number of thiophene rings is 1. The summed E-state index contributed by atoms with van der Waals surface area (Å²) in [4.78, 5) is 25.5. The average molecular weight is 395 g/mol. The lowest BCUT2D eigenvalue weighted by atomic mass is 10.1. The van der Waals surface area contributed by atoms with E-state index in [4.69, 9.17) is 5.10 Å². The average Bonchev–Trinajstić information content (AvgIpc) is 3.27. The van der Waals surface area contributed by atoms with Crippen LogP contribution in [0.25, 0.3) is 26.4 Å². The van der Waals surface area contributed by atoms with Gasteiger partial charge in [-0.3, -0.25) is 9.36 Å². The Labute approximate surface area is 166 Å². The third kappa shape index (κ3) is 2.84. The molecule has 0 atom stereocenters. The maximum absolute atomic E-state index is 13.1. The Morgan fingerprint density at radius 3 is 2.75 bits per heavy atom. The van der Waals surface area contributed by atoms with Crippen LogP contribution in [0.15, 0.2) is 29.5 Å². The topological polar surface area (TPSA) is 68.3 Å². The first kappa shape index (κ1) is 17.5. The summed E-state index contributed by atoms with van der Waals surface area (Å²) in [6, 6.07) is 4.23. The number of aryl methyl sites for hydroxylation is 2. The minimum atomic E-state index is 0.0621. The Hall–Kier alpha value is -2.58. The highest BCUT2D eigenvalue weighted by molar-refractivity contribution is 7.22. The fourth-order valence-electron chi connectivity index (χ4n) is 3.95. The number of rotatable bonds is 2. The second-order valence-electron chi connectivity index (χ2n) is 7.68. The highest BCUT2D eigenvalue weighted by atomic mass is 32.1. The Morgan fingerprint density at radius 2 is 1.96 bits per heavy atom. The van der Waals surface area contributed by atoms with Crippen molar-refractivity contribution in [2.45, 2.75) is 32.7 Å². The van der Waals surface area contributed by atoms with Crippen molar-refractivity contribution in [3.8, 4) is 10.6 Å². The molecule has 1 fully saturated rings. The van der Waals surface area contributed by atoms with Crippen molar-refractivity contribution in [3.05, 3.63) is 46.3 Å². The second kappa shape index (κ2) is 6.49. The molecule has 1 aliphatic rings. The number of piperidine rings is 1. The number of nitrogens with zero attached hydrogens (tertiary/aromatic N) is 6. The highest BCUT2D eigenvalue weighted by Gasteiger charge is 2.21. The third-order valence-corrected chi connectivity index (χ3v) is 6.66. The van der Waals surface area contributed by atoms with Crippen molar-refractivity contribution in [2.24, 2.45) is 0 Å². The van der Waals surface area contributed by atoms with Gasteiger partial charge < -0.3 is 4.90 Å². The second-order valence-corrected chi connectivity index (χ2v) is 8.73. The number of aromatic nitrogens is 5. The Balaban J connectivity index is 1.59. The molecule has 8 heteroatoms. The van der Waals surface area contributed by atoms with Gasteiger partial charge in [-0.05, 0) is 64.5 Å². The van der Waals surface area contributed by atoms with Gasteiger partial charge in [0.15, 0.2) is 5.65 Å². The van der Waals surface area contributed by atoms with E-state index in [1.807, 2.05) is 41.3 Å². The van der Waals surface area contributed by atoms with Gasteiger partial charge in [-0.25, -0.2) is 14.5 Å². The van der Waals surface area contributed by atoms with E-state index in [9.17, 15) is 4.79 Å². The molecule has 4 aromatic rings. The molecule has 1 saturated heterocycles. The quantitative estimate of drug-likeness (QED) is 0.523. The first-order chi connectivity index (χ1) is 13.5. The van der Waals surface area contributed by atoms with E-state index in [0.29, 0.717) is 4.70 Å². The molecule has 5 rings (SSSR count). The minimum absolute atomic E-state index is 0.0621. The summed E-state index contributed by atoms with van der Waals surface area (Å²) in [6.07, 6.45) is 5.61. The van der Waals surface area contributed by atoms with Gasteiger partial charge in [0.05, 0.1) is 28.6 Å². The van der Waals surface area contributed by atoms with Crippen molar-refractivity contribution in [1.82, 2.24) is 29.0 Å². The zero-order chi connectivity index (χ0) is 19.4. The Bertz CT molecular complexity index is 1250. The lowest BCUT2D eigenvalue weighted by Gasteiger charge is -2.29. The fourth-order valence-corrected chi connectivity index (χ4v) is 4.95. The summed E-state index contributed by atoms with van der Waals surface area (Å²) in [6.45, 7) is 6.02. The van der Waals surface area contributed by atoms with Crippen LogP contribution in [0.4, 0.5) is 0 Å². The van der Waals surface area contributed by atoms with Crippen LogP contribution in [0.1, 0.15) is 30.1 Å². The lowest BCUT2D eigenvalue weighted by Crippen LogP contribution is -2.35. The molecule has 0 spiro atoms. The molecule has 0 bridgehead atoms. The fraction of sp³-hybridized carbons (Fsp3) is 0.400. The smallest absolute Gasteiger partial charge is 0.271 e. The van der Waals surface area contributed by atoms with Gasteiger partial charge in [0.2, 0.25) is 0 Å². The SMILES string of the molecule is Cc1cn2nc(-c3cc4ncn(C5CCN(C)CC5)c(=O)c4s3)cc(C)c2n1. The van der Waals surface area contributed by atoms with E-state index in [2.05, 4.69) is 21.9 Å². The van der Waals surface area contributed by atoms with Crippen LogP contribution in [0.2, 0.25) is 0 Å². The molecule has 0 radical (unpaired) electrons. The summed E-state index contributed by atoms with van der Waals surface area (Å²) < 4.78 is 4.35. The number of likely N-dealkylation sites (tertiary alicyclic amines) is 1. The number of imidazole rings is 1. The molecule has 0 N–H and O–H groups in total. The maximum Gasteiger partial charge on any atom is 0.271 e. The van der Waals surface area contributed by atoms with E-state index in [0.717, 1.165) is 58.9 Å². The minimum Gasteiger partial charge on any atom is -0.306 e. The highest BCUT2D eigenvalue weighted by Crippen LogP contribution is 2.31. The standard InChI is InChI=1S/C20H22N6OS/c1-12-8-15(23-26-10-13(2)22-19(12)26)17-9-16-18(28-17)20(27)25(11-21-16)14-4-6-24(3)7-5-14/h8-11,14H,4-7H2,1-3H3. The third-order valence-electron chi connectivity index (χ3n) is 5.53. The first-order valence-corrected chi connectivity index (χ1v) is 10.3. The van der Waals surface area contributed by atoms with Crippen LogP contribution >= 0.6 is 11.3 Å². The zero-order valence-corrected chi connectivity index (χ0v) is 17.0. The molecule has 1 aliphatic heterocycles. The summed E-state index contributed by atoms with van der Waals surface area (Å²) in [5.74, 6) is 0. The van der Waals surface area contributed by atoms with E-state index in [1.165, 1.54) is 11.3 Å². The van der Waals surface area contributed by atoms with Gasteiger partial charge in [0.1, 0.15) is 10.4 Å². The lowest BCUT2D eigenvalue weighted by molar-refractivity contribution is 0.218. The predicted molar refractivity (Wildman–Crippen MR) is 111 cm³/mol. The summed E-state index contributed by atoms with van der Waals surface area (Å²) in [7, 11) is 2.12. The number of hydrogen-bond acceptors (Lipinski definition) is 6. The Kier molecular flexibility index (Phi) is 4.06. The van der Waals surface area contributed by atoms with Crippen LogP contribution in [-0.4, -0.2) is 49.2 Å².